The predicted octanol–water partition coefficient (Wildman–Crippen LogP) is 4.25. The molecule has 2 heterocycles. The molecular formula is C13H16N2OS2. The number of thiophene rings is 2. The molecule has 18 heavy (non-hydrogen) atoms. The number of urea groups is 1. The minimum absolute atomic E-state index is 0.0227. The van der Waals surface area contributed by atoms with E-state index in [2.05, 4.69) is 23.7 Å². The molecule has 2 rings (SSSR count). The maximum atomic E-state index is 12.2. The van der Waals surface area contributed by atoms with E-state index in [1.807, 2.05) is 27.8 Å². The molecule has 2 aromatic rings. The van der Waals surface area contributed by atoms with Crippen molar-refractivity contribution in [1.29, 1.82) is 0 Å². The van der Waals surface area contributed by atoms with Gasteiger partial charge in [0.2, 0.25) is 0 Å². The van der Waals surface area contributed by atoms with Crippen LogP contribution in [-0.2, 0) is 6.54 Å². The van der Waals surface area contributed by atoms with Crippen LogP contribution in [0.15, 0.2) is 34.3 Å². The number of hydrogen-bond donors (Lipinski definition) is 1. The van der Waals surface area contributed by atoms with E-state index in [4.69, 9.17) is 0 Å². The number of carbonyl (C=O) groups excluding carboxylic acids is 1. The Morgan fingerprint density at radius 2 is 2.28 bits per heavy atom. The Balaban J connectivity index is 1.98. The summed E-state index contributed by atoms with van der Waals surface area (Å²) in [5.74, 6) is 0. The third-order valence-electron chi connectivity index (χ3n) is 2.49. The van der Waals surface area contributed by atoms with Crippen LogP contribution in [0.5, 0.6) is 0 Å². The number of hydrogen-bond acceptors (Lipinski definition) is 3. The van der Waals surface area contributed by atoms with Gasteiger partial charge in [0.25, 0.3) is 0 Å². The van der Waals surface area contributed by atoms with Gasteiger partial charge in [0.1, 0.15) is 0 Å². The summed E-state index contributed by atoms with van der Waals surface area (Å²) in [4.78, 5) is 14.0. The molecule has 0 fully saturated rings. The van der Waals surface area contributed by atoms with Gasteiger partial charge in [-0.15, -0.1) is 11.3 Å². The lowest BCUT2D eigenvalue weighted by atomic mass is 10.3. The lowest BCUT2D eigenvalue weighted by Gasteiger charge is -2.21. The first-order chi connectivity index (χ1) is 8.79. The highest BCUT2D eigenvalue weighted by Crippen LogP contribution is 2.17. The van der Waals surface area contributed by atoms with Gasteiger partial charge in [0.15, 0.2) is 0 Å². The van der Waals surface area contributed by atoms with Crippen LogP contribution in [0.3, 0.4) is 0 Å². The normalized spacial score (nSPS) is 10.3. The highest BCUT2D eigenvalue weighted by Gasteiger charge is 2.13. The molecule has 0 atom stereocenters. The SMILES string of the molecule is CCCN(Cc1ccsc1)C(=O)Nc1cccs1. The molecule has 0 aliphatic rings. The molecule has 0 spiro atoms. The number of nitrogens with one attached hydrogen (secondary N) is 1. The number of nitrogens with zero attached hydrogens (tertiary/aromatic N) is 1. The minimum atomic E-state index is -0.0227. The van der Waals surface area contributed by atoms with E-state index < -0.39 is 0 Å². The summed E-state index contributed by atoms with van der Waals surface area (Å²) in [7, 11) is 0. The quantitative estimate of drug-likeness (QED) is 0.872. The van der Waals surface area contributed by atoms with Crippen molar-refractivity contribution < 1.29 is 4.79 Å². The highest BCUT2D eigenvalue weighted by atomic mass is 32.1. The van der Waals surface area contributed by atoms with Crippen LogP contribution < -0.4 is 5.32 Å². The van der Waals surface area contributed by atoms with Crippen LogP contribution in [0, 0.1) is 0 Å². The van der Waals surface area contributed by atoms with Crippen molar-refractivity contribution in [2.24, 2.45) is 0 Å². The molecule has 0 bridgehead atoms. The Morgan fingerprint density at radius 1 is 1.39 bits per heavy atom. The molecule has 0 radical (unpaired) electrons. The Labute approximate surface area is 115 Å². The van der Waals surface area contributed by atoms with Crippen molar-refractivity contribution in [2.45, 2.75) is 19.9 Å². The van der Waals surface area contributed by atoms with Gasteiger partial charge in [0.05, 0.1) is 5.00 Å². The topological polar surface area (TPSA) is 32.3 Å². The van der Waals surface area contributed by atoms with Gasteiger partial charge in [-0.25, -0.2) is 4.79 Å². The van der Waals surface area contributed by atoms with E-state index in [0.717, 1.165) is 18.0 Å². The predicted molar refractivity (Wildman–Crippen MR) is 78.4 cm³/mol. The number of carbonyl (C=O) groups is 1. The third-order valence-corrected chi connectivity index (χ3v) is 4.00. The first kappa shape index (κ1) is 13.1. The minimum Gasteiger partial charge on any atom is -0.320 e. The molecule has 0 aromatic carbocycles. The van der Waals surface area contributed by atoms with Crippen molar-refractivity contribution in [3.05, 3.63) is 39.9 Å². The second-order valence-corrected chi connectivity index (χ2v) is 5.69. The molecule has 0 aliphatic heterocycles. The first-order valence-corrected chi connectivity index (χ1v) is 7.72. The molecule has 5 heteroatoms. The molecule has 0 unspecified atom stereocenters. The van der Waals surface area contributed by atoms with Gasteiger partial charge >= 0.3 is 6.03 Å². The van der Waals surface area contributed by atoms with Gasteiger partial charge in [-0.2, -0.15) is 11.3 Å². The van der Waals surface area contributed by atoms with Crippen molar-refractivity contribution in [1.82, 2.24) is 4.90 Å². The van der Waals surface area contributed by atoms with E-state index in [1.165, 1.54) is 16.9 Å². The van der Waals surface area contributed by atoms with E-state index in [1.54, 1.807) is 11.3 Å². The summed E-state index contributed by atoms with van der Waals surface area (Å²) in [5, 5.41) is 9.90. The smallest absolute Gasteiger partial charge is 0.320 e. The number of amides is 2. The Kier molecular flexibility index (Phi) is 4.78. The van der Waals surface area contributed by atoms with Crippen LogP contribution in [0.4, 0.5) is 9.80 Å². The van der Waals surface area contributed by atoms with Crippen molar-refractivity contribution in [3.8, 4) is 0 Å². The maximum absolute atomic E-state index is 12.2. The van der Waals surface area contributed by atoms with Gasteiger partial charge in [-0.3, -0.25) is 5.32 Å². The van der Waals surface area contributed by atoms with E-state index in [0.29, 0.717) is 6.54 Å². The van der Waals surface area contributed by atoms with E-state index in [9.17, 15) is 4.79 Å². The van der Waals surface area contributed by atoms with Gasteiger partial charge in [-0.1, -0.05) is 6.92 Å². The Hall–Kier alpha value is -1.33. The Bertz CT molecular complexity index is 465. The number of rotatable bonds is 5. The second-order valence-electron chi connectivity index (χ2n) is 3.96. The molecule has 2 amide bonds. The average Bonchev–Trinajstić information content (AvgIpc) is 3.01. The monoisotopic (exact) mass is 280 g/mol. The first-order valence-electron chi connectivity index (χ1n) is 5.90. The molecule has 2 aromatic heterocycles. The van der Waals surface area contributed by atoms with Gasteiger partial charge in [-0.05, 0) is 46.3 Å². The zero-order valence-corrected chi connectivity index (χ0v) is 11.9. The Morgan fingerprint density at radius 3 is 2.89 bits per heavy atom. The standard InChI is InChI=1S/C13H16N2OS2/c1-2-6-15(9-11-5-8-17-10-11)13(16)14-12-4-3-7-18-12/h3-5,7-8,10H,2,6,9H2,1H3,(H,14,16). The second kappa shape index (κ2) is 6.56. The van der Waals surface area contributed by atoms with Gasteiger partial charge < -0.3 is 4.90 Å². The van der Waals surface area contributed by atoms with E-state index >= 15 is 0 Å². The fourth-order valence-corrected chi connectivity index (χ4v) is 2.93. The lowest BCUT2D eigenvalue weighted by Crippen LogP contribution is -2.34. The summed E-state index contributed by atoms with van der Waals surface area (Å²) in [6, 6.07) is 5.89. The fourth-order valence-electron chi connectivity index (χ4n) is 1.66. The van der Waals surface area contributed by atoms with Gasteiger partial charge in [0, 0.05) is 13.1 Å². The summed E-state index contributed by atoms with van der Waals surface area (Å²) >= 11 is 3.20. The molecule has 3 nitrogen and oxygen atoms in total. The molecule has 1 N–H and O–H groups in total. The summed E-state index contributed by atoms with van der Waals surface area (Å²) in [5.41, 5.74) is 1.19. The summed E-state index contributed by atoms with van der Waals surface area (Å²) < 4.78 is 0. The average molecular weight is 280 g/mol. The van der Waals surface area contributed by atoms with Crippen LogP contribution in [0.25, 0.3) is 0 Å². The lowest BCUT2D eigenvalue weighted by molar-refractivity contribution is 0.209. The highest BCUT2D eigenvalue weighted by molar-refractivity contribution is 7.14. The zero-order valence-electron chi connectivity index (χ0n) is 10.3. The maximum Gasteiger partial charge on any atom is 0.322 e. The van der Waals surface area contributed by atoms with Crippen LogP contribution in [-0.4, -0.2) is 17.5 Å². The van der Waals surface area contributed by atoms with Crippen LogP contribution in [0.1, 0.15) is 18.9 Å². The third kappa shape index (κ3) is 3.58. The van der Waals surface area contributed by atoms with Crippen molar-refractivity contribution >= 4 is 33.7 Å². The molecule has 96 valence electrons. The van der Waals surface area contributed by atoms with Crippen molar-refractivity contribution in [2.75, 3.05) is 11.9 Å². The van der Waals surface area contributed by atoms with Crippen LogP contribution in [0.2, 0.25) is 0 Å². The molecule has 0 aliphatic carbocycles. The number of anilines is 1. The largest absolute Gasteiger partial charge is 0.322 e. The zero-order chi connectivity index (χ0) is 12.8. The van der Waals surface area contributed by atoms with E-state index in [-0.39, 0.29) is 6.03 Å². The van der Waals surface area contributed by atoms with Crippen molar-refractivity contribution in [3.63, 3.8) is 0 Å². The fraction of sp³-hybridized carbons (Fsp3) is 0.308. The molecule has 0 saturated heterocycles. The summed E-state index contributed by atoms with van der Waals surface area (Å²) in [6.45, 7) is 3.53. The summed E-state index contributed by atoms with van der Waals surface area (Å²) in [6.07, 6.45) is 0.960. The molecular weight excluding hydrogens is 264 g/mol. The van der Waals surface area contributed by atoms with Crippen LogP contribution >= 0.6 is 22.7 Å². The molecule has 0 saturated carbocycles.